The molecule has 0 spiro atoms. The molecule has 0 aliphatic carbocycles. The number of aromatic nitrogens is 2. The van der Waals surface area contributed by atoms with E-state index in [2.05, 4.69) is 14.9 Å². The minimum atomic E-state index is -3.72. The van der Waals surface area contributed by atoms with Gasteiger partial charge in [-0.2, -0.15) is 5.10 Å². The fourth-order valence-electron chi connectivity index (χ4n) is 1.61. The second-order valence-corrected chi connectivity index (χ2v) is 6.23. The molecular formula is C12H14ClN3O2S. The smallest absolute Gasteiger partial charge is 0.264 e. The Morgan fingerprint density at radius 1 is 1.37 bits per heavy atom. The first-order chi connectivity index (χ1) is 8.92. The number of anilines is 1. The molecule has 0 saturated heterocycles. The Kier molecular flexibility index (Phi) is 3.82. The van der Waals surface area contributed by atoms with E-state index in [9.17, 15) is 8.42 Å². The normalized spacial score (nSPS) is 11.5. The zero-order valence-electron chi connectivity index (χ0n) is 10.6. The highest BCUT2D eigenvalue weighted by atomic mass is 35.5. The lowest BCUT2D eigenvalue weighted by Gasteiger charge is -2.07. The van der Waals surface area contributed by atoms with Crippen LogP contribution in [0.1, 0.15) is 18.2 Å². The lowest BCUT2D eigenvalue weighted by atomic mass is 10.2. The minimum Gasteiger partial charge on any atom is -0.280 e. The number of H-pyrrole nitrogens is 1. The molecule has 2 N–H and O–H groups in total. The van der Waals surface area contributed by atoms with Crippen molar-refractivity contribution in [2.75, 3.05) is 4.72 Å². The molecule has 0 aliphatic rings. The number of hydrogen-bond acceptors (Lipinski definition) is 3. The molecule has 0 fully saturated rings. The lowest BCUT2D eigenvalue weighted by molar-refractivity contribution is 0.601. The Bertz CT molecular complexity index is 695. The number of rotatable bonds is 4. The lowest BCUT2D eigenvalue weighted by Crippen LogP contribution is -2.13. The van der Waals surface area contributed by atoms with Crippen molar-refractivity contribution in [3.05, 3.63) is 40.5 Å². The van der Waals surface area contributed by atoms with Crippen LogP contribution in [0.3, 0.4) is 0 Å². The molecule has 0 unspecified atom stereocenters. The Labute approximate surface area is 117 Å². The van der Waals surface area contributed by atoms with Gasteiger partial charge in [-0.3, -0.25) is 9.82 Å². The van der Waals surface area contributed by atoms with Crippen molar-refractivity contribution in [3.8, 4) is 0 Å². The number of hydrogen-bond donors (Lipinski definition) is 2. The number of benzene rings is 1. The van der Waals surface area contributed by atoms with E-state index in [-0.39, 0.29) is 15.7 Å². The summed E-state index contributed by atoms with van der Waals surface area (Å²) < 4.78 is 26.8. The largest absolute Gasteiger partial charge is 0.280 e. The van der Waals surface area contributed by atoms with E-state index in [1.54, 1.807) is 18.2 Å². The van der Waals surface area contributed by atoms with E-state index in [0.717, 1.165) is 17.7 Å². The van der Waals surface area contributed by atoms with Crippen molar-refractivity contribution in [2.45, 2.75) is 25.2 Å². The summed E-state index contributed by atoms with van der Waals surface area (Å²) in [6.45, 7) is 3.79. The molecule has 1 aromatic heterocycles. The number of aromatic amines is 1. The molecule has 2 aromatic rings. The summed E-state index contributed by atoms with van der Waals surface area (Å²) >= 11 is 5.97. The van der Waals surface area contributed by atoms with Crippen LogP contribution in [0.25, 0.3) is 0 Å². The van der Waals surface area contributed by atoms with Crippen molar-refractivity contribution in [1.29, 1.82) is 0 Å². The summed E-state index contributed by atoms with van der Waals surface area (Å²) in [4.78, 5) is 0.0424. The van der Waals surface area contributed by atoms with Crippen LogP contribution in [-0.4, -0.2) is 18.6 Å². The van der Waals surface area contributed by atoms with Crippen LogP contribution in [0.15, 0.2) is 29.2 Å². The predicted molar refractivity (Wildman–Crippen MR) is 75.0 cm³/mol. The van der Waals surface area contributed by atoms with Crippen molar-refractivity contribution < 1.29 is 8.42 Å². The van der Waals surface area contributed by atoms with Crippen molar-refractivity contribution in [3.63, 3.8) is 0 Å². The first kappa shape index (κ1) is 13.9. The third-order valence-electron chi connectivity index (χ3n) is 2.63. The van der Waals surface area contributed by atoms with Gasteiger partial charge in [-0.25, -0.2) is 8.42 Å². The molecule has 0 amide bonds. The quantitative estimate of drug-likeness (QED) is 0.911. The molecule has 7 heteroatoms. The van der Waals surface area contributed by atoms with Gasteiger partial charge in [0.25, 0.3) is 10.0 Å². The van der Waals surface area contributed by atoms with Crippen molar-refractivity contribution >= 4 is 27.4 Å². The van der Waals surface area contributed by atoms with Gasteiger partial charge in [0.15, 0.2) is 5.82 Å². The number of nitrogens with one attached hydrogen (secondary N) is 2. The van der Waals surface area contributed by atoms with Crippen LogP contribution in [0, 0.1) is 6.92 Å². The average Bonchev–Trinajstić information content (AvgIpc) is 2.75. The van der Waals surface area contributed by atoms with Gasteiger partial charge in [0.05, 0.1) is 5.02 Å². The minimum absolute atomic E-state index is 0.0424. The third kappa shape index (κ3) is 3.08. The second-order valence-electron chi connectivity index (χ2n) is 4.17. The zero-order valence-corrected chi connectivity index (χ0v) is 12.1. The number of aryl methyl sites for hydroxylation is 2. The van der Waals surface area contributed by atoms with E-state index in [1.165, 1.54) is 6.07 Å². The van der Waals surface area contributed by atoms with Gasteiger partial charge in [0.2, 0.25) is 0 Å². The van der Waals surface area contributed by atoms with E-state index >= 15 is 0 Å². The van der Waals surface area contributed by atoms with Crippen LogP contribution >= 0.6 is 11.6 Å². The van der Waals surface area contributed by atoms with E-state index in [4.69, 9.17) is 11.6 Å². The fourth-order valence-corrected chi connectivity index (χ4v) is 3.20. The number of halogens is 1. The van der Waals surface area contributed by atoms with Crippen LogP contribution < -0.4 is 4.72 Å². The molecule has 2 rings (SSSR count). The summed E-state index contributed by atoms with van der Waals surface area (Å²) in [7, 11) is -3.72. The second kappa shape index (κ2) is 5.22. The molecule has 0 radical (unpaired) electrons. The summed E-state index contributed by atoms with van der Waals surface area (Å²) in [6, 6.07) is 6.44. The molecule has 0 atom stereocenters. The molecule has 5 nitrogen and oxygen atoms in total. The molecule has 0 aliphatic heterocycles. The van der Waals surface area contributed by atoms with Gasteiger partial charge >= 0.3 is 0 Å². The fraction of sp³-hybridized carbons (Fsp3) is 0.250. The topological polar surface area (TPSA) is 74.8 Å². The maximum atomic E-state index is 12.2. The van der Waals surface area contributed by atoms with Crippen LogP contribution in [-0.2, 0) is 16.4 Å². The first-order valence-corrected chi connectivity index (χ1v) is 7.61. The van der Waals surface area contributed by atoms with Gasteiger partial charge in [-0.1, -0.05) is 24.6 Å². The molecule has 19 heavy (non-hydrogen) atoms. The Hall–Kier alpha value is -1.53. The molecule has 0 saturated carbocycles. The highest BCUT2D eigenvalue weighted by molar-refractivity contribution is 7.92. The maximum Gasteiger partial charge on any atom is 0.264 e. The SMILES string of the molecule is CCc1cc(NS(=O)(=O)c2ccc(C)cc2Cl)n[nH]1. The summed E-state index contributed by atoms with van der Waals surface area (Å²) in [6.07, 6.45) is 0.750. The first-order valence-electron chi connectivity index (χ1n) is 5.75. The van der Waals surface area contributed by atoms with Gasteiger partial charge in [-0.05, 0) is 31.0 Å². The molecular weight excluding hydrogens is 286 g/mol. The molecule has 0 bridgehead atoms. The van der Waals surface area contributed by atoms with E-state index in [1.807, 2.05) is 13.8 Å². The van der Waals surface area contributed by atoms with Gasteiger partial charge in [0, 0.05) is 11.8 Å². The van der Waals surface area contributed by atoms with Gasteiger partial charge in [0.1, 0.15) is 4.90 Å². The highest BCUT2D eigenvalue weighted by Crippen LogP contribution is 2.24. The maximum absolute atomic E-state index is 12.2. The Morgan fingerprint density at radius 3 is 2.68 bits per heavy atom. The van der Waals surface area contributed by atoms with Gasteiger partial charge < -0.3 is 0 Å². The monoisotopic (exact) mass is 299 g/mol. The number of sulfonamides is 1. The van der Waals surface area contributed by atoms with Crippen LogP contribution in [0.4, 0.5) is 5.82 Å². The number of nitrogens with zero attached hydrogens (tertiary/aromatic N) is 1. The highest BCUT2D eigenvalue weighted by Gasteiger charge is 2.19. The summed E-state index contributed by atoms with van der Waals surface area (Å²) in [5, 5.41) is 6.82. The average molecular weight is 300 g/mol. The van der Waals surface area contributed by atoms with Crippen LogP contribution in [0.5, 0.6) is 0 Å². The molecule has 1 aromatic carbocycles. The van der Waals surface area contributed by atoms with Crippen LogP contribution in [0.2, 0.25) is 5.02 Å². The standard InChI is InChI=1S/C12H14ClN3O2S/c1-3-9-7-12(15-14-9)16-19(17,18)11-5-4-8(2)6-10(11)13/h4-7H,3H2,1-2H3,(H2,14,15,16). The molecule has 102 valence electrons. The van der Waals surface area contributed by atoms with Crippen molar-refractivity contribution in [1.82, 2.24) is 10.2 Å². The van der Waals surface area contributed by atoms with Gasteiger partial charge in [-0.15, -0.1) is 0 Å². The summed E-state index contributed by atoms with van der Waals surface area (Å²) in [5.41, 5.74) is 1.75. The Balaban J connectivity index is 2.32. The van der Waals surface area contributed by atoms with E-state index < -0.39 is 10.0 Å². The predicted octanol–water partition coefficient (Wildman–Crippen LogP) is 2.73. The zero-order chi connectivity index (χ0) is 14.0. The Morgan fingerprint density at radius 2 is 2.11 bits per heavy atom. The third-order valence-corrected chi connectivity index (χ3v) is 4.47. The molecule has 1 heterocycles. The summed E-state index contributed by atoms with van der Waals surface area (Å²) in [5.74, 6) is 0.258. The van der Waals surface area contributed by atoms with Crippen molar-refractivity contribution in [2.24, 2.45) is 0 Å². The van der Waals surface area contributed by atoms with E-state index in [0.29, 0.717) is 0 Å².